The van der Waals surface area contributed by atoms with Gasteiger partial charge in [-0.1, -0.05) is 23.4 Å². The molecule has 2 fully saturated rings. The molecule has 0 unspecified atom stereocenters. The molecule has 1 amide bonds. The third kappa shape index (κ3) is 3.90. The van der Waals surface area contributed by atoms with E-state index in [-0.39, 0.29) is 18.4 Å². The van der Waals surface area contributed by atoms with E-state index in [1.54, 1.807) is 0 Å². The highest BCUT2D eigenvalue weighted by Gasteiger charge is 2.42. The molecule has 1 saturated heterocycles. The van der Waals surface area contributed by atoms with Gasteiger partial charge < -0.3 is 19.8 Å². The van der Waals surface area contributed by atoms with E-state index < -0.39 is 6.10 Å². The van der Waals surface area contributed by atoms with Crippen molar-refractivity contribution in [3.05, 3.63) is 53.4 Å². The highest BCUT2D eigenvalue weighted by molar-refractivity contribution is 5.80. The number of benzene rings is 1. The largest absolute Gasteiger partial charge is 0.391 e. The van der Waals surface area contributed by atoms with E-state index in [0.29, 0.717) is 24.0 Å². The predicted molar refractivity (Wildman–Crippen MR) is 118 cm³/mol. The Kier molecular flexibility index (Phi) is 5.14. The molecule has 0 radical (unpaired) electrons. The van der Waals surface area contributed by atoms with E-state index in [2.05, 4.69) is 33.6 Å². The zero-order valence-corrected chi connectivity index (χ0v) is 17.9. The monoisotopic (exact) mass is 420 g/mol. The average molecular weight is 421 g/mol. The molecule has 2 N–H and O–H groups in total. The van der Waals surface area contributed by atoms with E-state index in [0.717, 1.165) is 47.5 Å². The van der Waals surface area contributed by atoms with Crippen LogP contribution in [0.15, 0.2) is 40.9 Å². The molecule has 0 spiro atoms. The summed E-state index contributed by atoms with van der Waals surface area (Å²) in [6.45, 7) is 5.45. The van der Waals surface area contributed by atoms with E-state index in [1.807, 2.05) is 32.0 Å². The summed E-state index contributed by atoms with van der Waals surface area (Å²) in [4.78, 5) is 19.8. The number of nitrogens with zero attached hydrogens (tertiary/aromatic N) is 3. The van der Waals surface area contributed by atoms with Crippen LogP contribution in [0.4, 0.5) is 5.82 Å². The second-order valence-electron chi connectivity index (χ2n) is 8.98. The molecule has 7 nitrogen and oxygen atoms in total. The summed E-state index contributed by atoms with van der Waals surface area (Å²) in [6.07, 6.45) is 1.18. The molecule has 2 aromatic heterocycles. The number of aliphatic hydroxyl groups excluding tert-OH is 1. The van der Waals surface area contributed by atoms with E-state index >= 15 is 0 Å². The molecule has 1 saturated carbocycles. The van der Waals surface area contributed by atoms with Crippen LogP contribution in [0.1, 0.15) is 29.9 Å². The first kappa shape index (κ1) is 20.0. The third-order valence-electron chi connectivity index (χ3n) is 6.91. The maximum atomic E-state index is 12.6. The summed E-state index contributed by atoms with van der Waals surface area (Å²) < 4.78 is 5.15. The topological polar surface area (TPSA) is 91.5 Å². The van der Waals surface area contributed by atoms with Crippen molar-refractivity contribution < 1.29 is 14.4 Å². The van der Waals surface area contributed by atoms with Crippen molar-refractivity contribution in [3.8, 4) is 0 Å². The highest BCUT2D eigenvalue weighted by atomic mass is 16.5. The van der Waals surface area contributed by atoms with Crippen LogP contribution < -0.4 is 10.2 Å². The second-order valence-corrected chi connectivity index (χ2v) is 8.98. The quantitative estimate of drug-likeness (QED) is 0.674. The molecule has 1 aliphatic carbocycles. The maximum absolute atomic E-state index is 12.6. The van der Waals surface area contributed by atoms with Crippen molar-refractivity contribution in [2.24, 2.45) is 11.8 Å². The second kappa shape index (κ2) is 7.96. The van der Waals surface area contributed by atoms with Gasteiger partial charge in [0.25, 0.3) is 0 Å². The lowest BCUT2D eigenvalue weighted by Crippen LogP contribution is -2.49. The lowest BCUT2D eigenvalue weighted by molar-refractivity contribution is -0.122. The number of pyridine rings is 1. The van der Waals surface area contributed by atoms with Gasteiger partial charge in [0.05, 0.1) is 29.8 Å². The number of anilines is 1. The number of aromatic nitrogens is 2. The Labute approximate surface area is 181 Å². The van der Waals surface area contributed by atoms with Crippen molar-refractivity contribution in [1.82, 2.24) is 15.5 Å². The Bertz CT molecular complexity index is 1090. The third-order valence-corrected chi connectivity index (χ3v) is 6.91. The van der Waals surface area contributed by atoms with Crippen LogP contribution in [0, 0.1) is 25.7 Å². The van der Waals surface area contributed by atoms with Crippen molar-refractivity contribution in [2.45, 2.75) is 45.3 Å². The van der Waals surface area contributed by atoms with Crippen LogP contribution >= 0.6 is 0 Å². The Morgan fingerprint density at radius 3 is 2.71 bits per heavy atom. The van der Waals surface area contributed by atoms with E-state index in [9.17, 15) is 9.90 Å². The molecule has 1 aliphatic heterocycles. The van der Waals surface area contributed by atoms with Crippen LogP contribution in [0.5, 0.6) is 0 Å². The van der Waals surface area contributed by atoms with Crippen molar-refractivity contribution in [3.63, 3.8) is 0 Å². The number of para-hydroxylation sites is 1. The fourth-order valence-corrected chi connectivity index (χ4v) is 5.18. The number of nitrogens with one attached hydrogen (secondary N) is 1. The van der Waals surface area contributed by atoms with Gasteiger partial charge >= 0.3 is 0 Å². The smallest absolute Gasteiger partial charge is 0.224 e. The fourth-order valence-electron chi connectivity index (χ4n) is 5.18. The molecule has 162 valence electrons. The normalized spacial score (nSPS) is 25.6. The van der Waals surface area contributed by atoms with Gasteiger partial charge in [-0.15, -0.1) is 0 Å². The minimum Gasteiger partial charge on any atom is -0.391 e. The molecular formula is C24H28N4O3. The van der Waals surface area contributed by atoms with Crippen LogP contribution in [0.3, 0.4) is 0 Å². The van der Waals surface area contributed by atoms with Gasteiger partial charge in [-0.25, -0.2) is 4.98 Å². The summed E-state index contributed by atoms with van der Waals surface area (Å²) in [5.74, 6) is 2.41. The zero-order chi connectivity index (χ0) is 21.5. The van der Waals surface area contributed by atoms with Crippen molar-refractivity contribution in [1.29, 1.82) is 0 Å². The molecule has 0 bridgehead atoms. The summed E-state index contributed by atoms with van der Waals surface area (Å²) in [6, 6.07) is 12.1. The number of hydrogen-bond acceptors (Lipinski definition) is 6. The van der Waals surface area contributed by atoms with Crippen LogP contribution in [0.25, 0.3) is 10.9 Å². The first-order valence-corrected chi connectivity index (χ1v) is 11.0. The Balaban J connectivity index is 1.24. The fraction of sp³-hybridized carbons (Fsp3) is 0.458. The summed E-state index contributed by atoms with van der Waals surface area (Å²) in [5.41, 5.74) is 2.57. The number of carbonyl (C=O) groups excluding carboxylic acids is 1. The molecule has 4 atom stereocenters. The predicted octanol–water partition coefficient (Wildman–Crippen LogP) is 2.77. The van der Waals surface area contributed by atoms with Crippen LogP contribution in [-0.4, -0.2) is 46.4 Å². The number of amides is 1. The molecular weight excluding hydrogens is 392 g/mol. The van der Waals surface area contributed by atoms with Gasteiger partial charge in [0.1, 0.15) is 11.6 Å². The highest BCUT2D eigenvalue weighted by Crippen LogP contribution is 2.38. The number of aryl methyl sites for hydroxylation is 2. The minimum atomic E-state index is -0.528. The molecule has 3 heterocycles. The number of carbonyl (C=O) groups is 1. The van der Waals surface area contributed by atoms with Gasteiger partial charge in [-0.05, 0) is 56.7 Å². The molecule has 31 heavy (non-hydrogen) atoms. The van der Waals surface area contributed by atoms with Crippen molar-refractivity contribution in [2.75, 3.05) is 18.0 Å². The van der Waals surface area contributed by atoms with Gasteiger partial charge in [-0.3, -0.25) is 4.79 Å². The number of hydrogen-bond donors (Lipinski definition) is 2. The SMILES string of the molecule is Cc1noc(C)c1CC(=O)N[C@H]1C[C@H]2CN(c3ccc4ccccc4n3)C[C@H]2C[C@@H]1O. The molecule has 1 aromatic carbocycles. The Hall–Kier alpha value is -2.93. The molecule has 7 heteroatoms. The molecule has 2 aliphatic rings. The average Bonchev–Trinajstić information content (AvgIpc) is 3.31. The Morgan fingerprint density at radius 2 is 1.94 bits per heavy atom. The Morgan fingerprint density at radius 1 is 1.16 bits per heavy atom. The summed E-state index contributed by atoms with van der Waals surface area (Å²) >= 11 is 0. The minimum absolute atomic E-state index is 0.0945. The number of rotatable bonds is 4. The molecule has 5 rings (SSSR count). The van der Waals surface area contributed by atoms with Gasteiger partial charge in [0, 0.05) is 24.0 Å². The van der Waals surface area contributed by atoms with Crippen LogP contribution in [0.2, 0.25) is 0 Å². The standard InChI is InChI=1S/C24H28N4O3/c1-14-19(15(2)31-27-14)11-24(30)26-21-9-17-12-28(13-18(17)10-22(21)29)23-8-7-16-5-3-4-6-20(16)25-23/h3-8,17-18,21-22,29H,9-13H2,1-2H3,(H,26,30)/t17-,18+,21-,22-/m0/s1. The number of aliphatic hydroxyl groups is 1. The van der Waals surface area contributed by atoms with E-state index in [1.165, 1.54) is 0 Å². The van der Waals surface area contributed by atoms with Gasteiger partial charge in [-0.2, -0.15) is 0 Å². The summed E-state index contributed by atoms with van der Waals surface area (Å²) in [7, 11) is 0. The summed E-state index contributed by atoms with van der Waals surface area (Å²) in [5, 5.41) is 18.8. The lowest BCUT2D eigenvalue weighted by atomic mass is 9.77. The zero-order valence-electron chi connectivity index (χ0n) is 17.9. The maximum Gasteiger partial charge on any atom is 0.224 e. The first-order chi connectivity index (χ1) is 15.0. The van der Waals surface area contributed by atoms with Crippen molar-refractivity contribution >= 4 is 22.6 Å². The van der Waals surface area contributed by atoms with Gasteiger partial charge in [0.2, 0.25) is 5.91 Å². The lowest BCUT2D eigenvalue weighted by Gasteiger charge is -2.35. The number of fused-ring (bicyclic) bond motifs is 2. The van der Waals surface area contributed by atoms with Crippen LogP contribution in [-0.2, 0) is 11.2 Å². The van der Waals surface area contributed by atoms with E-state index in [4.69, 9.17) is 9.51 Å². The molecule has 3 aromatic rings. The van der Waals surface area contributed by atoms with Gasteiger partial charge in [0.15, 0.2) is 0 Å². The first-order valence-electron chi connectivity index (χ1n) is 11.0.